The van der Waals surface area contributed by atoms with E-state index < -0.39 is 11.9 Å². The molecule has 3 aromatic rings. The monoisotopic (exact) mass is 481 g/mol. The number of amides is 1. The highest BCUT2D eigenvalue weighted by Crippen LogP contribution is 2.35. The number of benzene rings is 2. The van der Waals surface area contributed by atoms with Crippen LogP contribution in [-0.2, 0) is 6.18 Å². The van der Waals surface area contributed by atoms with E-state index in [0.717, 1.165) is 25.3 Å². The first-order chi connectivity index (χ1) is 15.2. The van der Waals surface area contributed by atoms with Gasteiger partial charge in [-0.25, -0.2) is 4.98 Å². The Morgan fingerprint density at radius 1 is 0.969 bits per heavy atom. The smallest absolute Gasteiger partial charge is 0.382 e. The van der Waals surface area contributed by atoms with Crippen molar-refractivity contribution in [2.24, 2.45) is 0 Å². The van der Waals surface area contributed by atoms with Crippen LogP contribution >= 0.6 is 23.2 Å². The lowest BCUT2D eigenvalue weighted by Crippen LogP contribution is -2.41. The van der Waals surface area contributed by atoms with E-state index in [0.29, 0.717) is 33.1 Å². The third-order valence-electron chi connectivity index (χ3n) is 5.54. The maximum atomic E-state index is 13.4. The average molecular weight is 482 g/mol. The molecule has 32 heavy (non-hydrogen) atoms. The van der Waals surface area contributed by atoms with Crippen LogP contribution < -0.4 is 10.6 Å². The molecule has 2 aromatic carbocycles. The van der Waals surface area contributed by atoms with E-state index in [1.54, 1.807) is 30.3 Å². The lowest BCUT2D eigenvalue weighted by molar-refractivity contribution is -0.140. The molecule has 1 aliphatic rings. The molecule has 2 atom stereocenters. The number of alkyl halides is 3. The van der Waals surface area contributed by atoms with E-state index in [1.807, 2.05) is 0 Å². The van der Waals surface area contributed by atoms with Gasteiger partial charge in [-0.1, -0.05) is 23.2 Å². The Morgan fingerprint density at radius 2 is 1.66 bits per heavy atom. The Hall–Kier alpha value is -2.51. The Balaban J connectivity index is 1.52. The molecule has 0 spiro atoms. The van der Waals surface area contributed by atoms with E-state index in [4.69, 9.17) is 23.2 Å². The number of fused-ring (bicyclic) bond motifs is 1. The standard InChI is InChI=1S/C23H20Cl2F3N3O/c24-14-6-4-13(5-7-14)22(32)30-17-3-1-2-16(11-17)29-20-12-21(23(26,27)28)31-19-9-8-15(25)10-18(19)20/h4-10,12,16-17H,1-3,11H2,(H,29,31)(H,30,32)/t16-,17+/m0/s1. The third-order valence-corrected chi connectivity index (χ3v) is 6.02. The number of nitrogens with zero attached hydrogens (tertiary/aromatic N) is 1. The van der Waals surface area contributed by atoms with Gasteiger partial charge >= 0.3 is 6.18 Å². The van der Waals surface area contributed by atoms with Gasteiger partial charge in [-0.2, -0.15) is 13.2 Å². The summed E-state index contributed by atoms with van der Waals surface area (Å²) < 4.78 is 40.1. The van der Waals surface area contributed by atoms with Crippen molar-refractivity contribution in [2.75, 3.05) is 5.32 Å². The molecular weight excluding hydrogens is 462 g/mol. The summed E-state index contributed by atoms with van der Waals surface area (Å²) in [6.45, 7) is 0. The van der Waals surface area contributed by atoms with Crippen molar-refractivity contribution >= 4 is 45.7 Å². The lowest BCUT2D eigenvalue weighted by Gasteiger charge is -2.31. The van der Waals surface area contributed by atoms with Crippen LogP contribution in [0.2, 0.25) is 10.0 Å². The maximum absolute atomic E-state index is 13.4. The summed E-state index contributed by atoms with van der Waals surface area (Å²) in [5.74, 6) is -0.201. The molecule has 0 radical (unpaired) electrons. The molecule has 1 fully saturated rings. The van der Waals surface area contributed by atoms with Crippen molar-refractivity contribution in [3.63, 3.8) is 0 Å². The molecule has 4 rings (SSSR count). The summed E-state index contributed by atoms with van der Waals surface area (Å²) in [5.41, 5.74) is 0.0990. The number of nitrogens with one attached hydrogen (secondary N) is 2. The van der Waals surface area contributed by atoms with Crippen LogP contribution in [0.15, 0.2) is 48.5 Å². The molecule has 1 heterocycles. The predicted molar refractivity (Wildman–Crippen MR) is 120 cm³/mol. The van der Waals surface area contributed by atoms with E-state index in [2.05, 4.69) is 15.6 Å². The first-order valence-electron chi connectivity index (χ1n) is 10.2. The molecule has 1 aromatic heterocycles. The van der Waals surface area contributed by atoms with Gasteiger partial charge in [0.15, 0.2) is 0 Å². The zero-order valence-electron chi connectivity index (χ0n) is 16.8. The molecule has 0 saturated heterocycles. The number of aromatic nitrogens is 1. The average Bonchev–Trinajstić information content (AvgIpc) is 2.74. The van der Waals surface area contributed by atoms with Crippen LogP contribution in [0.3, 0.4) is 0 Å². The topological polar surface area (TPSA) is 54.0 Å². The first kappa shape index (κ1) is 22.7. The van der Waals surface area contributed by atoms with Crippen molar-refractivity contribution in [1.29, 1.82) is 0 Å². The van der Waals surface area contributed by atoms with Crippen LogP contribution in [0.25, 0.3) is 10.9 Å². The zero-order chi connectivity index (χ0) is 22.9. The molecule has 9 heteroatoms. The molecule has 0 unspecified atom stereocenters. The van der Waals surface area contributed by atoms with E-state index >= 15 is 0 Å². The Kier molecular flexibility index (Phi) is 6.49. The molecular formula is C23H20Cl2F3N3O. The van der Waals surface area contributed by atoms with Crippen molar-refractivity contribution in [3.05, 3.63) is 69.8 Å². The highest BCUT2D eigenvalue weighted by atomic mass is 35.5. The first-order valence-corrected chi connectivity index (χ1v) is 10.9. The van der Waals surface area contributed by atoms with Gasteiger partial charge in [0.1, 0.15) is 5.69 Å². The fourth-order valence-corrected chi connectivity index (χ4v) is 4.30. The minimum Gasteiger partial charge on any atom is -0.382 e. The van der Waals surface area contributed by atoms with Crippen LogP contribution in [0.1, 0.15) is 41.7 Å². The van der Waals surface area contributed by atoms with Gasteiger partial charge in [0.2, 0.25) is 0 Å². The Bertz CT molecular complexity index is 1140. The van der Waals surface area contributed by atoms with Gasteiger partial charge in [0, 0.05) is 38.8 Å². The normalized spacial score (nSPS) is 19.0. The van der Waals surface area contributed by atoms with Crippen LogP contribution in [0.5, 0.6) is 0 Å². The van der Waals surface area contributed by atoms with E-state index in [1.165, 1.54) is 12.1 Å². The van der Waals surface area contributed by atoms with Crippen molar-refractivity contribution in [1.82, 2.24) is 10.3 Å². The summed E-state index contributed by atoms with van der Waals surface area (Å²) in [6, 6.07) is 12.0. The molecule has 1 aliphatic carbocycles. The minimum absolute atomic E-state index is 0.0943. The number of anilines is 1. The summed E-state index contributed by atoms with van der Waals surface area (Å²) >= 11 is 11.9. The molecule has 1 saturated carbocycles. The van der Waals surface area contributed by atoms with Gasteiger partial charge in [-0.3, -0.25) is 4.79 Å². The fraction of sp³-hybridized carbons (Fsp3) is 0.304. The van der Waals surface area contributed by atoms with Gasteiger partial charge < -0.3 is 10.6 Å². The quantitative estimate of drug-likeness (QED) is 0.435. The van der Waals surface area contributed by atoms with Gasteiger partial charge in [0.25, 0.3) is 5.91 Å². The minimum atomic E-state index is -4.56. The number of pyridine rings is 1. The second kappa shape index (κ2) is 9.16. The van der Waals surface area contributed by atoms with Crippen LogP contribution in [-0.4, -0.2) is 23.0 Å². The lowest BCUT2D eigenvalue weighted by atomic mass is 9.90. The highest BCUT2D eigenvalue weighted by molar-refractivity contribution is 6.31. The molecule has 0 aliphatic heterocycles. The van der Waals surface area contributed by atoms with Crippen molar-refractivity contribution in [2.45, 2.75) is 43.9 Å². The second-order valence-electron chi connectivity index (χ2n) is 7.90. The number of carbonyl (C=O) groups excluding carboxylic acids is 1. The van der Waals surface area contributed by atoms with Gasteiger partial charge in [0.05, 0.1) is 5.52 Å². The molecule has 2 N–H and O–H groups in total. The number of hydrogen-bond donors (Lipinski definition) is 2. The second-order valence-corrected chi connectivity index (χ2v) is 8.77. The van der Waals surface area contributed by atoms with E-state index in [9.17, 15) is 18.0 Å². The summed E-state index contributed by atoms with van der Waals surface area (Å²) in [4.78, 5) is 16.3. The van der Waals surface area contributed by atoms with Crippen molar-refractivity contribution in [3.8, 4) is 0 Å². The Morgan fingerprint density at radius 3 is 2.38 bits per heavy atom. The van der Waals surface area contributed by atoms with Crippen molar-refractivity contribution < 1.29 is 18.0 Å². The fourth-order valence-electron chi connectivity index (χ4n) is 4.00. The predicted octanol–water partition coefficient (Wildman–Crippen LogP) is 6.71. The Labute approximate surface area is 193 Å². The van der Waals surface area contributed by atoms with E-state index in [-0.39, 0.29) is 23.5 Å². The number of rotatable bonds is 4. The molecule has 4 nitrogen and oxygen atoms in total. The number of halogens is 5. The molecule has 1 amide bonds. The van der Waals surface area contributed by atoms with Gasteiger partial charge in [-0.15, -0.1) is 0 Å². The zero-order valence-corrected chi connectivity index (χ0v) is 18.4. The largest absolute Gasteiger partial charge is 0.433 e. The van der Waals surface area contributed by atoms with Crippen LogP contribution in [0.4, 0.5) is 18.9 Å². The summed E-state index contributed by atoms with van der Waals surface area (Å²) in [5, 5.41) is 7.75. The van der Waals surface area contributed by atoms with Gasteiger partial charge in [-0.05, 0) is 74.2 Å². The molecule has 0 bridgehead atoms. The third kappa shape index (κ3) is 5.27. The summed E-state index contributed by atoms with van der Waals surface area (Å²) in [6.07, 6.45) is -1.57. The van der Waals surface area contributed by atoms with Crippen LogP contribution in [0, 0.1) is 0 Å². The summed E-state index contributed by atoms with van der Waals surface area (Å²) in [7, 11) is 0. The highest BCUT2D eigenvalue weighted by Gasteiger charge is 2.34. The number of carbonyl (C=O) groups is 1. The number of hydrogen-bond acceptors (Lipinski definition) is 3. The maximum Gasteiger partial charge on any atom is 0.433 e. The molecule has 168 valence electrons. The SMILES string of the molecule is O=C(N[C@@H]1CCC[C@H](Nc2cc(C(F)(F)F)nc3ccc(Cl)cc23)C1)c1ccc(Cl)cc1.